The van der Waals surface area contributed by atoms with Gasteiger partial charge in [0.05, 0.1) is 23.7 Å². The average molecular weight is 274 g/mol. The topological polar surface area (TPSA) is 63.6 Å². The zero-order valence-corrected chi connectivity index (χ0v) is 11.6. The van der Waals surface area contributed by atoms with Gasteiger partial charge in [-0.2, -0.15) is 10.4 Å². The smallest absolute Gasteiger partial charge is 0.277 e. The quantitative estimate of drug-likeness (QED) is 0.839. The van der Waals surface area contributed by atoms with Gasteiger partial charge in [-0.3, -0.25) is 4.57 Å². The summed E-state index contributed by atoms with van der Waals surface area (Å²) in [6, 6.07) is 6.02. The molecular formula is C14H15FN4O. The molecule has 1 heterocycles. The van der Waals surface area contributed by atoms with Gasteiger partial charge in [0.2, 0.25) is 0 Å². The Morgan fingerprint density at radius 3 is 2.65 bits per heavy atom. The van der Waals surface area contributed by atoms with Gasteiger partial charge in [-0.1, -0.05) is 0 Å². The highest BCUT2D eigenvalue weighted by molar-refractivity contribution is 5.33. The number of halogens is 1. The van der Waals surface area contributed by atoms with Gasteiger partial charge in [0.15, 0.2) is 0 Å². The molecule has 0 saturated carbocycles. The van der Waals surface area contributed by atoms with Crippen LogP contribution in [0.1, 0.15) is 31.9 Å². The van der Waals surface area contributed by atoms with Gasteiger partial charge in [-0.25, -0.2) is 13.9 Å². The zero-order valence-electron chi connectivity index (χ0n) is 11.6. The lowest BCUT2D eigenvalue weighted by Gasteiger charge is -2.16. The minimum Gasteiger partial charge on any atom is -0.277 e. The predicted molar refractivity (Wildman–Crippen MR) is 71.7 cm³/mol. The number of nitrogens with zero attached hydrogens (tertiary/aromatic N) is 4. The number of aromatic nitrogens is 3. The third-order valence-electron chi connectivity index (χ3n) is 2.88. The van der Waals surface area contributed by atoms with Crippen LogP contribution in [0.15, 0.2) is 29.3 Å². The van der Waals surface area contributed by atoms with Crippen molar-refractivity contribution < 1.29 is 4.39 Å². The molecular weight excluding hydrogens is 259 g/mol. The molecule has 0 saturated heterocycles. The Kier molecular flexibility index (Phi) is 3.45. The van der Waals surface area contributed by atoms with Gasteiger partial charge in [0.25, 0.3) is 0 Å². The first-order chi connectivity index (χ1) is 9.32. The van der Waals surface area contributed by atoms with Crippen LogP contribution in [0.3, 0.4) is 0 Å². The molecule has 0 aliphatic carbocycles. The minimum atomic E-state index is -0.445. The third-order valence-corrected chi connectivity index (χ3v) is 2.88. The van der Waals surface area contributed by atoms with E-state index in [2.05, 4.69) is 5.10 Å². The van der Waals surface area contributed by atoms with Gasteiger partial charge in [0, 0.05) is 5.56 Å². The summed E-state index contributed by atoms with van der Waals surface area (Å²) in [7, 11) is 0. The second-order valence-electron chi connectivity index (χ2n) is 5.54. The highest BCUT2D eigenvalue weighted by atomic mass is 19.1. The molecule has 2 rings (SSSR count). The van der Waals surface area contributed by atoms with Gasteiger partial charge >= 0.3 is 5.69 Å². The first-order valence-electron chi connectivity index (χ1n) is 6.16. The van der Waals surface area contributed by atoms with Crippen molar-refractivity contribution in [1.82, 2.24) is 14.3 Å². The first-order valence-corrected chi connectivity index (χ1v) is 6.16. The summed E-state index contributed by atoms with van der Waals surface area (Å²) in [5.74, 6) is -0.445. The van der Waals surface area contributed by atoms with Crippen LogP contribution in [-0.4, -0.2) is 14.3 Å². The van der Waals surface area contributed by atoms with Crippen LogP contribution in [-0.2, 0) is 12.1 Å². The molecule has 0 radical (unpaired) electrons. The molecule has 20 heavy (non-hydrogen) atoms. The summed E-state index contributed by atoms with van der Waals surface area (Å²) >= 11 is 0. The fourth-order valence-corrected chi connectivity index (χ4v) is 1.85. The predicted octanol–water partition coefficient (Wildman–Crippen LogP) is 1.86. The van der Waals surface area contributed by atoms with Crippen molar-refractivity contribution in [2.45, 2.75) is 32.9 Å². The van der Waals surface area contributed by atoms with Crippen LogP contribution in [0, 0.1) is 17.1 Å². The van der Waals surface area contributed by atoms with Crippen LogP contribution < -0.4 is 5.69 Å². The zero-order chi connectivity index (χ0) is 14.9. The normalized spacial score (nSPS) is 11.3. The Hall–Kier alpha value is -2.42. The molecule has 0 bridgehead atoms. The van der Waals surface area contributed by atoms with Crippen molar-refractivity contribution in [2.75, 3.05) is 0 Å². The number of hydrogen-bond donors (Lipinski definition) is 0. The first kappa shape index (κ1) is 14.0. The molecule has 0 aliphatic heterocycles. The minimum absolute atomic E-state index is 0.0519. The molecule has 5 nitrogen and oxygen atoms in total. The van der Waals surface area contributed by atoms with Crippen LogP contribution in [0.25, 0.3) is 0 Å². The van der Waals surface area contributed by atoms with Crippen molar-refractivity contribution in [3.05, 3.63) is 52.0 Å². The molecule has 2 aromatic rings. The Bertz CT molecular complexity index is 731. The molecule has 104 valence electrons. The van der Waals surface area contributed by atoms with Crippen LogP contribution >= 0.6 is 0 Å². The van der Waals surface area contributed by atoms with Crippen molar-refractivity contribution in [1.29, 1.82) is 5.26 Å². The Morgan fingerprint density at radius 1 is 1.40 bits per heavy atom. The molecule has 0 unspecified atom stereocenters. The van der Waals surface area contributed by atoms with E-state index in [9.17, 15) is 9.18 Å². The van der Waals surface area contributed by atoms with E-state index in [1.54, 1.807) is 0 Å². The summed E-state index contributed by atoms with van der Waals surface area (Å²) in [6.07, 6.45) is 1.38. The number of benzene rings is 1. The van der Waals surface area contributed by atoms with Crippen LogP contribution in [0.2, 0.25) is 0 Å². The van der Waals surface area contributed by atoms with E-state index in [4.69, 9.17) is 5.26 Å². The highest BCUT2D eigenvalue weighted by Gasteiger charge is 2.19. The van der Waals surface area contributed by atoms with Crippen molar-refractivity contribution in [2.24, 2.45) is 0 Å². The molecule has 0 N–H and O–H groups in total. The molecule has 0 spiro atoms. The summed E-state index contributed by atoms with van der Waals surface area (Å²) in [6.45, 7) is 5.64. The van der Waals surface area contributed by atoms with Crippen molar-refractivity contribution in [3.8, 4) is 6.07 Å². The molecule has 0 amide bonds. The molecule has 0 atom stereocenters. The van der Waals surface area contributed by atoms with E-state index in [-0.39, 0.29) is 12.2 Å². The largest absolute Gasteiger partial charge is 0.346 e. The van der Waals surface area contributed by atoms with Crippen LogP contribution in [0.5, 0.6) is 0 Å². The second-order valence-corrected chi connectivity index (χ2v) is 5.54. The van der Waals surface area contributed by atoms with Gasteiger partial charge in [-0.05, 0) is 39.0 Å². The maximum Gasteiger partial charge on any atom is 0.346 e. The second kappa shape index (κ2) is 4.93. The van der Waals surface area contributed by atoms with Crippen molar-refractivity contribution >= 4 is 0 Å². The molecule has 1 aromatic carbocycles. The van der Waals surface area contributed by atoms with E-state index in [1.165, 1.54) is 33.8 Å². The van der Waals surface area contributed by atoms with Crippen molar-refractivity contribution in [3.63, 3.8) is 0 Å². The van der Waals surface area contributed by atoms with E-state index in [1.807, 2.05) is 26.8 Å². The Morgan fingerprint density at radius 2 is 2.10 bits per heavy atom. The van der Waals surface area contributed by atoms with E-state index in [0.29, 0.717) is 11.1 Å². The lowest BCUT2D eigenvalue weighted by molar-refractivity contribution is 0.340. The van der Waals surface area contributed by atoms with Crippen LogP contribution in [0.4, 0.5) is 4.39 Å². The fraction of sp³-hybridized carbons (Fsp3) is 0.357. The highest BCUT2D eigenvalue weighted by Crippen LogP contribution is 2.12. The van der Waals surface area contributed by atoms with E-state index < -0.39 is 11.4 Å². The SMILES string of the molecule is CC(C)(C)n1ncn(Cc2cc(C#N)ccc2F)c1=O. The van der Waals surface area contributed by atoms with Gasteiger partial charge in [-0.15, -0.1) is 0 Å². The van der Waals surface area contributed by atoms with E-state index >= 15 is 0 Å². The lowest BCUT2D eigenvalue weighted by atomic mass is 10.1. The number of rotatable bonds is 2. The Labute approximate surface area is 115 Å². The average Bonchev–Trinajstić information content (AvgIpc) is 2.73. The van der Waals surface area contributed by atoms with Gasteiger partial charge < -0.3 is 0 Å². The lowest BCUT2D eigenvalue weighted by Crippen LogP contribution is -2.36. The summed E-state index contributed by atoms with van der Waals surface area (Å²) in [4.78, 5) is 12.2. The molecule has 6 heteroatoms. The summed E-state index contributed by atoms with van der Waals surface area (Å²) in [5, 5.41) is 12.9. The summed E-state index contributed by atoms with van der Waals surface area (Å²) < 4.78 is 16.4. The fourth-order valence-electron chi connectivity index (χ4n) is 1.85. The molecule has 0 aliphatic rings. The standard InChI is InChI=1S/C14H15FN4O/c1-14(2,3)19-13(20)18(9-17-19)8-11-6-10(7-16)4-5-12(11)15/h4-6,9H,8H2,1-3H3. The monoisotopic (exact) mass is 274 g/mol. The summed E-state index contributed by atoms with van der Waals surface area (Å²) in [5.41, 5.74) is -0.0911. The Balaban J connectivity index is 2.40. The van der Waals surface area contributed by atoms with E-state index in [0.717, 1.165) is 0 Å². The number of nitriles is 1. The maximum absolute atomic E-state index is 13.7. The van der Waals surface area contributed by atoms with Gasteiger partial charge in [0.1, 0.15) is 12.1 Å². The molecule has 0 fully saturated rings. The molecule has 1 aromatic heterocycles. The third kappa shape index (κ3) is 2.62. The maximum atomic E-state index is 13.7. The number of hydrogen-bond acceptors (Lipinski definition) is 3.